The lowest BCUT2D eigenvalue weighted by molar-refractivity contribution is -0.122. The highest BCUT2D eigenvalue weighted by molar-refractivity contribution is 5.89. The van der Waals surface area contributed by atoms with Crippen LogP contribution in [-0.2, 0) is 9.53 Å². The topological polar surface area (TPSA) is 85.5 Å². The number of ether oxygens (including phenoxy) is 1. The predicted octanol–water partition coefficient (Wildman–Crippen LogP) is 0.960. The molecule has 0 bridgehead atoms. The Hall–Kier alpha value is -2.11. The fraction of sp³-hybridized carbons (Fsp3) is 0.500. The van der Waals surface area contributed by atoms with Crippen LogP contribution in [0.4, 0.5) is 5.82 Å². The van der Waals surface area contributed by atoms with E-state index in [9.17, 15) is 9.59 Å². The first-order valence-electron chi connectivity index (χ1n) is 6.79. The van der Waals surface area contributed by atoms with Gasteiger partial charge < -0.3 is 15.4 Å². The van der Waals surface area contributed by atoms with E-state index < -0.39 is 0 Å². The van der Waals surface area contributed by atoms with Crippen molar-refractivity contribution in [1.82, 2.24) is 4.98 Å². The van der Waals surface area contributed by atoms with Crippen molar-refractivity contribution in [3.05, 3.63) is 23.9 Å². The Labute approximate surface area is 117 Å². The number of esters is 1. The van der Waals surface area contributed by atoms with E-state index in [1.54, 1.807) is 19.1 Å². The molecule has 0 saturated carbocycles. The van der Waals surface area contributed by atoms with Crippen LogP contribution in [0.3, 0.4) is 0 Å². The molecule has 1 amide bonds. The molecular weight excluding hydrogens is 258 g/mol. The molecule has 6 heteroatoms. The maximum absolute atomic E-state index is 11.5. The molecule has 0 aliphatic carbocycles. The zero-order valence-electron chi connectivity index (χ0n) is 11.5. The third kappa shape index (κ3) is 3.26. The molecule has 1 atom stereocenters. The maximum atomic E-state index is 11.5. The van der Waals surface area contributed by atoms with E-state index in [0.29, 0.717) is 18.7 Å². The van der Waals surface area contributed by atoms with E-state index in [1.807, 2.05) is 4.90 Å². The zero-order valence-corrected chi connectivity index (χ0v) is 11.5. The van der Waals surface area contributed by atoms with Crippen molar-refractivity contribution in [1.29, 1.82) is 0 Å². The summed E-state index contributed by atoms with van der Waals surface area (Å²) in [6.07, 6.45) is 3.24. The lowest BCUT2D eigenvalue weighted by atomic mass is 9.97. The van der Waals surface area contributed by atoms with Crippen LogP contribution >= 0.6 is 0 Å². The molecule has 6 nitrogen and oxygen atoms in total. The summed E-state index contributed by atoms with van der Waals surface area (Å²) in [7, 11) is 0. The number of rotatable bonds is 4. The summed E-state index contributed by atoms with van der Waals surface area (Å²) in [6.45, 7) is 3.53. The SMILES string of the molecule is CCOC(=O)c1ccc(N2CCCC(C(N)=O)C2)nc1. The van der Waals surface area contributed by atoms with Gasteiger partial charge in [-0.1, -0.05) is 0 Å². The molecule has 2 heterocycles. The van der Waals surface area contributed by atoms with Gasteiger partial charge in [0.25, 0.3) is 0 Å². The summed E-state index contributed by atoms with van der Waals surface area (Å²) in [5.74, 6) is -0.0164. The van der Waals surface area contributed by atoms with Crippen LogP contribution in [0.1, 0.15) is 30.1 Å². The van der Waals surface area contributed by atoms with Crippen LogP contribution in [-0.4, -0.2) is 36.6 Å². The number of nitrogens with zero attached hydrogens (tertiary/aromatic N) is 2. The van der Waals surface area contributed by atoms with Crippen molar-refractivity contribution >= 4 is 17.7 Å². The van der Waals surface area contributed by atoms with Crippen LogP contribution in [0, 0.1) is 5.92 Å². The van der Waals surface area contributed by atoms with Crippen molar-refractivity contribution in [2.24, 2.45) is 11.7 Å². The van der Waals surface area contributed by atoms with E-state index >= 15 is 0 Å². The minimum absolute atomic E-state index is 0.129. The van der Waals surface area contributed by atoms with E-state index in [0.717, 1.165) is 25.2 Å². The monoisotopic (exact) mass is 277 g/mol. The van der Waals surface area contributed by atoms with Gasteiger partial charge in [0.2, 0.25) is 5.91 Å². The molecule has 0 radical (unpaired) electrons. The molecule has 1 saturated heterocycles. The van der Waals surface area contributed by atoms with Crippen LogP contribution in [0.15, 0.2) is 18.3 Å². The lowest BCUT2D eigenvalue weighted by Crippen LogP contribution is -2.41. The Kier molecular flexibility index (Phi) is 4.55. The molecule has 108 valence electrons. The molecule has 2 N–H and O–H groups in total. The van der Waals surface area contributed by atoms with Gasteiger partial charge in [-0.05, 0) is 31.9 Å². The number of piperidine rings is 1. The lowest BCUT2D eigenvalue weighted by Gasteiger charge is -2.32. The Balaban J connectivity index is 2.06. The van der Waals surface area contributed by atoms with Crippen LogP contribution < -0.4 is 10.6 Å². The number of hydrogen-bond acceptors (Lipinski definition) is 5. The van der Waals surface area contributed by atoms with E-state index in [1.165, 1.54) is 6.20 Å². The van der Waals surface area contributed by atoms with Crippen molar-refractivity contribution in [2.45, 2.75) is 19.8 Å². The third-order valence-electron chi connectivity index (χ3n) is 3.41. The minimum Gasteiger partial charge on any atom is -0.462 e. The van der Waals surface area contributed by atoms with E-state index in [2.05, 4.69) is 4.98 Å². The summed E-state index contributed by atoms with van der Waals surface area (Å²) < 4.78 is 4.91. The maximum Gasteiger partial charge on any atom is 0.339 e. The Morgan fingerprint density at radius 2 is 2.30 bits per heavy atom. The summed E-state index contributed by atoms with van der Waals surface area (Å²) in [5.41, 5.74) is 5.79. The number of aromatic nitrogens is 1. The number of hydrogen-bond donors (Lipinski definition) is 1. The first kappa shape index (κ1) is 14.3. The quantitative estimate of drug-likeness (QED) is 0.828. The standard InChI is InChI=1S/C14H19N3O3/c1-2-20-14(19)10-5-6-12(16-8-10)17-7-3-4-11(9-17)13(15)18/h5-6,8,11H,2-4,7,9H2,1H3,(H2,15,18). The summed E-state index contributed by atoms with van der Waals surface area (Å²) in [5, 5.41) is 0. The molecule has 1 unspecified atom stereocenters. The van der Waals surface area contributed by atoms with Crippen LogP contribution in [0.2, 0.25) is 0 Å². The third-order valence-corrected chi connectivity index (χ3v) is 3.41. The van der Waals surface area contributed by atoms with Gasteiger partial charge in [-0.3, -0.25) is 4.79 Å². The number of amides is 1. The minimum atomic E-state index is -0.375. The van der Waals surface area contributed by atoms with Crippen molar-refractivity contribution in [3.63, 3.8) is 0 Å². The fourth-order valence-electron chi connectivity index (χ4n) is 2.33. The molecule has 1 fully saturated rings. The number of nitrogens with two attached hydrogens (primary N) is 1. The molecule has 1 aromatic heterocycles. The van der Waals surface area contributed by atoms with E-state index in [-0.39, 0.29) is 17.8 Å². The second-order valence-electron chi connectivity index (χ2n) is 4.81. The molecule has 0 aromatic carbocycles. The number of pyridine rings is 1. The number of carbonyl (C=O) groups is 2. The van der Waals surface area contributed by atoms with Gasteiger partial charge in [-0.15, -0.1) is 0 Å². The second-order valence-corrected chi connectivity index (χ2v) is 4.81. The Morgan fingerprint density at radius 3 is 2.90 bits per heavy atom. The first-order valence-corrected chi connectivity index (χ1v) is 6.79. The molecule has 1 aliphatic heterocycles. The van der Waals surface area contributed by atoms with Gasteiger partial charge in [0.05, 0.1) is 18.1 Å². The Morgan fingerprint density at radius 1 is 1.50 bits per heavy atom. The summed E-state index contributed by atoms with van der Waals surface area (Å²) >= 11 is 0. The van der Waals surface area contributed by atoms with Gasteiger partial charge in [-0.25, -0.2) is 9.78 Å². The van der Waals surface area contributed by atoms with Gasteiger partial charge in [0.15, 0.2) is 0 Å². The highest BCUT2D eigenvalue weighted by atomic mass is 16.5. The van der Waals surface area contributed by atoms with Gasteiger partial charge in [0.1, 0.15) is 5.82 Å². The number of carbonyl (C=O) groups excluding carboxylic acids is 2. The molecule has 1 aromatic rings. The van der Waals surface area contributed by atoms with Crippen molar-refractivity contribution in [3.8, 4) is 0 Å². The van der Waals surface area contributed by atoms with Crippen LogP contribution in [0.5, 0.6) is 0 Å². The zero-order chi connectivity index (χ0) is 14.5. The van der Waals surface area contributed by atoms with Gasteiger partial charge >= 0.3 is 5.97 Å². The Bertz CT molecular complexity index is 487. The summed E-state index contributed by atoms with van der Waals surface area (Å²) in [6, 6.07) is 3.46. The predicted molar refractivity (Wildman–Crippen MR) is 74.3 cm³/mol. The fourth-order valence-corrected chi connectivity index (χ4v) is 2.33. The van der Waals surface area contributed by atoms with Gasteiger partial charge in [-0.2, -0.15) is 0 Å². The first-order chi connectivity index (χ1) is 9.61. The second kappa shape index (κ2) is 6.36. The smallest absolute Gasteiger partial charge is 0.339 e. The van der Waals surface area contributed by atoms with Crippen molar-refractivity contribution < 1.29 is 14.3 Å². The highest BCUT2D eigenvalue weighted by Gasteiger charge is 2.24. The van der Waals surface area contributed by atoms with E-state index in [4.69, 9.17) is 10.5 Å². The largest absolute Gasteiger partial charge is 0.462 e. The molecule has 0 spiro atoms. The number of primary amides is 1. The molecule has 20 heavy (non-hydrogen) atoms. The number of anilines is 1. The average molecular weight is 277 g/mol. The normalized spacial score (nSPS) is 18.6. The molecule has 2 rings (SSSR count). The highest BCUT2D eigenvalue weighted by Crippen LogP contribution is 2.21. The van der Waals surface area contributed by atoms with Crippen LogP contribution in [0.25, 0.3) is 0 Å². The van der Waals surface area contributed by atoms with Gasteiger partial charge in [0, 0.05) is 19.3 Å². The average Bonchev–Trinajstić information content (AvgIpc) is 2.48. The molecular formula is C14H19N3O3. The summed E-state index contributed by atoms with van der Waals surface area (Å²) in [4.78, 5) is 29.1. The molecule has 1 aliphatic rings. The van der Waals surface area contributed by atoms with Crippen molar-refractivity contribution in [2.75, 3.05) is 24.6 Å².